The van der Waals surface area contributed by atoms with E-state index in [1.54, 1.807) is 30.0 Å². The van der Waals surface area contributed by atoms with E-state index in [0.29, 0.717) is 41.4 Å². The van der Waals surface area contributed by atoms with Crippen molar-refractivity contribution in [3.8, 4) is 10.4 Å². The van der Waals surface area contributed by atoms with Gasteiger partial charge in [0.1, 0.15) is 11.5 Å². The van der Waals surface area contributed by atoms with Crippen LogP contribution in [-0.2, 0) is 4.79 Å². The predicted molar refractivity (Wildman–Crippen MR) is 90.1 cm³/mol. The topological polar surface area (TPSA) is 76.3 Å². The van der Waals surface area contributed by atoms with Crippen LogP contribution in [0.15, 0.2) is 24.3 Å². The Bertz CT molecular complexity index is 782. The molecule has 24 heavy (non-hydrogen) atoms. The molecule has 0 aliphatic carbocycles. The average Bonchev–Trinajstić information content (AvgIpc) is 2.96. The molecule has 1 aromatic heterocycles. The molecule has 3 rings (SSSR count). The van der Waals surface area contributed by atoms with E-state index in [4.69, 9.17) is 5.73 Å². The van der Waals surface area contributed by atoms with E-state index in [0.717, 1.165) is 0 Å². The molecule has 1 saturated heterocycles. The van der Waals surface area contributed by atoms with Crippen molar-refractivity contribution in [1.29, 1.82) is 0 Å². The highest BCUT2D eigenvalue weighted by atomic mass is 32.1. The largest absolute Gasteiger partial charge is 0.369 e. The second-order valence-electron chi connectivity index (χ2n) is 5.86. The maximum Gasteiger partial charge on any atom is 0.273 e. The van der Waals surface area contributed by atoms with Gasteiger partial charge in [-0.05, 0) is 25.8 Å². The number of amides is 2. The molecule has 0 radical (unpaired) electrons. The first-order valence-electron chi connectivity index (χ1n) is 7.78. The standard InChI is InChI=1S/C17H18FN3O2S/c1-10-20-14(15(24-10)12-4-2-3-5-13(12)18)17(23)21-8-6-11(7-9-21)16(19)22/h2-5,11H,6-9H2,1H3,(H2,19,22). The zero-order valence-electron chi connectivity index (χ0n) is 13.3. The molecule has 1 aliphatic rings. The number of carbonyl (C=O) groups is 2. The van der Waals surface area contributed by atoms with Crippen LogP contribution in [0, 0.1) is 18.7 Å². The fraction of sp³-hybridized carbons (Fsp3) is 0.353. The van der Waals surface area contributed by atoms with Crippen LogP contribution in [-0.4, -0.2) is 34.8 Å². The average molecular weight is 347 g/mol. The Hall–Kier alpha value is -2.28. The number of halogens is 1. The van der Waals surface area contributed by atoms with E-state index in [2.05, 4.69) is 4.98 Å². The SMILES string of the molecule is Cc1nc(C(=O)N2CCC(C(N)=O)CC2)c(-c2ccccc2F)s1. The van der Waals surface area contributed by atoms with Gasteiger partial charge in [-0.25, -0.2) is 9.37 Å². The molecule has 0 saturated carbocycles. The maximum atomic E-state index is 14.1. The summed E-state index contributed by atoms with van der Waals surface area (Å²) in [5, 5.41) is 0.712. The van der Waals surface area contributed by atoms with Crippen LogP contribution in [0.5, 0.6) is 0 Å². The number of aromatic nitrogens is 1. The van der Waals surface area contributed by atoms with Gasteiger partial charge in [-0.15, -0.1) is 11.3 Å². The molecular weight excluding hydrogens is 329 g/mol. The van der Waals surface area contributed by atoms with Gasteiger partial charge < -0.3 is 10.6 Å². The number of thiazole rings is 1. The van der Waals surface area contributed by atoms with Gasteiger partial charge >= 0.3 is 0 Å². The number of hydrogen-bond acceptors (Lipinski definition) is 4. The van der Waals surface area contributed by atoms with E-state index in [9.17, 15) is 14.0 Å². The Kier molecular flexibility index (Phi) is 4.62. The Balaban J connectivity index is 1.87. The smallest absolute Gasteiger partial charge is 0.273 e. The monoisotopic (exact) mass is 347 g/mol. The van der Waals surface area contributed by atoms with Crippen molar-refractivity contribution in [1.82, 2.24) is 9.88 Å². The van der Waals surface area contributed by atoms with Crippen LogP contribution in [0.25, 0.3) is 10.4 Å². The number of aryl methyl sites for hydroxylation is 1. The normalized spacial score (nSPS) is 15.5. The number of likely N-dealkylation sites (tertiary alicyclic amines) is 1. The number of benzene rings is 1. The number of hydrogen-bond donors (Lipinski definition) is 1. The Morgan fingerprint density at radius 1 is 1.29 bits per heavy atom. The number of nitrogens with zero attached hydrogens (tertiary/aromatic N) is 2. The lowest BCUT2D eigenvalue weighted by Gasteiger charge is -2.30. The number of primary amides is 1. The summed E-state index contributed by atoms with van der Waals surface area (Å²) in [4.78, 5) is 30.6. The maximum absolute atomic E-state index is 14.1. The van der Waals surface area contributed by atoms with Crippen molar-refractivity contribution >= 4 is 23.2 Å². The fourth-order valence-electron chi connectivity index (χ4n) is 2.92. The first-order chi connectivity index (χ1) is 11.5. The first-order valence-corrected chi connectivity index (χ1v) is 8.60. The van der Waals surface area contributed by atoms with Gasteiger partial charge in [-0.2, -0.15) is 0 Å². The number of piperidine rings is 1. The minimum atomic E-state index is -0.373. The molecular formula is C17H18FN3O2S. The van der Waals surface area contributed by atoms with Crippen molar-refractivity contribution in [3.63, 3.8) is 0 Å². The van der Waals surface area contributed by atoms with E-state index >= 15 is 0 Å². The van der Waals surface area contributed by atoms with Crippen LogP contribution in [0.2, 0.25) is 0 Å². The summed E-state index contributed by atoms with van der Waals surface area (Å²) >= 11 is 1.31. The van der Waals surface area contributed by atoms with Crippen LogP contribution in [0.3, 0.4) is 0 Å². The van der Waals surface area contributed by atoms with E-state index in [-0.39, 0.29) is 29.2 Å². The lowest BCUT2D eigenvalue weighted by atomic mass is 9.96. The highest BCUT2D eigenvalue weighted by molar-refractivity contribution is 7.15. The third-order valence-electron chi connectivity index (χ3n) is 4.24. The van der Waals surface area contributed by atoms with E-state index in [1.807, 2.05) is 0 Å². The lowest BCUT2D eigenvalue weighted by Crippen LogP contribution is -2.42. The van der Waals surface area contributed by atoms with Gasteiger partial charge in [0.2, 0.25) is 5.91 Å². The summed E-state index contributed by atoms with van der Waals surface area (Å²) in [5.41, 5.74) is 5.99. The van der Waals surface area contributed by atoms with E-state index in [1.165, 1.54) is 17.4 Å². The predicted octanol–water partition coefficient (Wildman–Crippen LogP) is 2.60. The summed E-state index contributed by atoms with van der Waals surface area (Å²) in [6.07, 6.45) is 1.11. The van der Waals surface area contributed by atoms with Gasteiger partial charge in [0.15, 0.2) is 0 Å². The molecule has 2 N–H and O–H groups in total. The minimum Gasteiger partial charge on any atom is -0.369 e. The van der Waals surface area contributed by atoms with Gasteiger partial charge in [0.25, 0.3) is 5.91 Å². The molecule has 2 aromatic rings. The van der Waals surface area contributed by atoms with Crippen LogP contribution in [0.4, 0.5) is 4.39 Å². The van der Waals surface area contributed by atoms with Crippen molar-refractivity contribution in [2.24, 2.45) is 11.7 Å². The zero-order chi connectivity index (χ0) is 17.3. The molecule has 2 heterocycles. The number of rotatable bonds is 3. The molecule has 7 heteroatoms. The summed E-state index contributed by atoms with van der Waals surface area (Å²) in [5.74, 6) is -1.10. The molecule has 0 spiro atoms. The third kappa shape index (κ3) is 3.17. The van der Waals surface area contributed by atoms with Crippen molar-refractivity contribution in [2.75, 3.05) is 13.1 Å². The molecule has 1 fully saturated rings. The van der Waals surface area contributed by atoms with Crippen LogP contribution < -0.4 is 5.73 Å². The molecule has 0 atom stereocenters. The quantitative estimate of drug-likeness (QED) is 0.927. The van der Waals surface area contributed by atoms with Crippen molar-refractivity contribution in [3.05, 3.63) is 40.8 Å². The second kappa shape index (κ2) is 6.68. The van der Waals surface area contributed by atoms with Gasteiger partial charge in [0.05, 0.1) is 9.88 Å². The van der Waals surface area contributed by atoms with Crippen LogP contribution in [0.1, 0.15) is 28.3 Å². The molecule has 1 aromatic carbocycles. The Morgan fingerprint density at radius 3 is 2.58 bits per heavy atom. The van der Waals surface area contributed by atoms with Crippen LogP contribution >= 0.6 is 11.3 Å². The molecule has 5 nitrogen and oxygen atoms in total. The third-order valence-corrected chi connectivity index (χ3v) is 5.24. The minimum absolute atomic E-state index is 0.183. The van der Waals surface area contributed by atoms with E-state index < -0.39 is 0 Å². The number of nitrogens with two attached hydrogens (primary N) is 1. The Morgan fingerprint density at radius 2 is 1.96 bits per heavy atom. The highest BCUT2D eigenvalue weighted by Crippen LogP contribution is 2.33. The summed E-state index contributed by atoms with van der Waals surface area (Å²) in [6.45, 7) is 2.71. The fourth-order valence-corrected chi connectivity index (χ4v) is 3.85. The molecule has 0 bridgehead atoms. The van der Waals surface area contributed by atoms with Crippen molar-refractivity contribution in [2.45, 2.75) is 19.8 Å². The Labute approximate surface area is 143 Å². The summed E-state index contributed by atoms with van der Waals surface area (Å²) < 4.78 is 14.1. The molecule has 0 unspecified atom stereocenters. The van der Waals surface area contributed by atoms with Gasteiger partial charge in [0, 0.05) is 24.6 Å². The number of carbonyl (C=O) groups excluding carboxylic acids is 2. The zero-order valence-corrected chi connectivity index (χ0v) is 14.1. The molecule has 2 amide bonds. The summed E-state index contributed by atoms with van der Waals surface area (Å²) in [6, 6.07) is 6.37. The first kappa shape index (κ1) is 16.6. The molecule has 126 valence electrons. The highest BCUT2D eigenvalue weighted by Gasteiger charge is 2.29. The van der Waals surface area contributed by atoms with Gasteiger partial charge in [-0.3, -0.25) is 9.59 Å². The summed E-state index contributed by atoms with van der Waals surface area (Å²) in [7, 11) is 0. The van der Waals surface area contributed by atoms with Crippen molar-refractivity contribution < 1.29 is 14.0 Å². The van der Waals surface area contributed by atoms with Gasteiger partial charge in [-0.1, -0.05) is 18.2 Å². The second-order valence-corrected chi connectivity index (χ2v) is 7.06. The lowest BCUT2D eigenvalue weighted by molar-refractivity contribution is -0.123. The molecule has 1 aliphatic heterocycles.